The van der Waals surface area contributed by atoms with Crippen molar-refractivity contribution in [2.75, 3.05) is 32.0 Å². The van der Waals surface area contributed by atoms with Crippen molar-refractivity contribution in [3.8, 4) is 17.2 Å². The van der Waals surface area contributed by atoms with E-state index in [2.05, 4.69) is 10.6 Å². The second kappa shape index (κ2) is 11.6. The molecule has 4 rings (SSSR count). The van der Waals surface area contributed by atoms with Gasteiger partial charge in [-0.25, -0.2) is 0 Å². The maximum atomic E-state index is 13.9. The average molecular weight is 533 g/mol. The van der Waals surface area contributed by atoms with Crippen LogP contribution in [0.2, 0.25) is 0 Å². The highest BCUT2D eigenvalue weighted by atomic mass is 16.5. The number of nitrogens with one attached hydrogen (secondary N) is 2. The van der Waals surface area contributed by atoms with Crippen LogP contribution in [0, 0.1) is 11.8 Å². The summed E-state index contributed by atoms with van der Waals surface area (Å²) in [5.74, 6) is -3.62. The summed E-state index contributed by atoms with van der Waals surface area (Å²) in [6.45, 7) is 1.45. The van der Waals surface area contributed by atoms with Crippen LogP contribution in [-0.4, -0.2) is 49.6 Å². The fraction of sp³-hybridized carbons (Fsp3) is 0.300. The van der Waals surface area contributed by atoms with E-state index in [1.165, 1.54) is 28.3 Å². The fourth-order valence-corrected chi connectivity index (χ4v) is 5.23. The Bertz CT molecular complexity index is 1350. The predicted molar refractivity (Wildman–Crippen MR) is 146 cm³/mol. The smallest absolute Gasteiger partial charge is 0.235 e. The third-order valence-corrected chi connectivity index (χ3v) is 7.06. The number of amides is 2. The number of ether oxygens (including phenoxy) is 3. The lowest BCUT2D eigenvalue weighted by Gasteiger charge is -2.44. The Labute approximate surface area is 227 Å². The van der Waals surface area contributed by atoms with E-state index in [1.54, 1.807) is 72.8 Å². The molecule has 1 aliphatic rings. The normalized spacial score (nSPS) is 22.5. The van der Waals surface area contributed by atoms with Crippen LogP contribution in [0.5, 0.6) is 17.2 Å². The van der Waals surface area contributed by atoms with Crippen LogP contribution in [0.15, 0.2) is 72.8 Å². The molecule has 9 heteroatoms. The van der Waals surface area contributed by atoms with Gasteiger partial charge in [-0.15, -0.1) is 0 Å². The highest BCUT2D eigenvalue weighted by Crippen LogP contribution is 2.47. The molecule has 0 saturated heterocycles. The molecule has 0 unspecified atom stereocenters. The summed E-state index contributed by atoms with van der Waals surface area (Å²) in [4.78, 5) is 41.1. The summed E-state index contributed by atoms with van der Waals surface area (Å²) in [5, 5.41) is 17.1. The van der Waals surface area contributed by atoms with Crippen LogP contribution in [0.1, 0.15) is 24.8 Å². The van der Waals surface area contributed by atoms with Crippen LogP contribution >= 0.6 is 0 Å². The number of Topliss-reactive ketones (excluding diaryl/α,β-unsaturated/α-hetero) is 1. The maximum Gasteiger partial charge on any atom is 0.235 e. The zero-order chi connectivity index (χ0) is 28.2. The molecule has 0 aliphatic heterocycles. The molecule has 0 heterocycles. The van der Waals surface area contributed by atoms with Crippen molar-refractivity contribution < 1.29 is 33.7 Å². The SMILES string of the molecule is COc1ccc([C@@H]2[C@H](C(=O)Nc3ccccc3OC)C(=O)C[C@@](C)(O)[C@H]2C(=O)Nc2ccccc2OC)cc1. The van der Waals surface area contributed by atoms with Crippen LogP contribution in [0.4, 0.5) is 11.4 Å². The topological polar surface area (TPSA) is 123 Å². The van der Waals surface area contributed by atoms with Crippen LogP contribution < -0.4 is 24.8 Å². The molecule has 2 amide bonds. The first-order valence-corrected chi connectivity index (χ1v) is 12.5. The minimum atomic E-state index is -1.74. The fourth-order valence-electron chi connectivity index (χ4n) is 5.23. The Morgan fingerprint density at radius 1 is 0.795 bits per heavy atom. The van der Waals surface area contributed by atoms with Gasteiger partial charge >= 0.3 is 0 Å². The Morgan fingerprint density at radius 3 is 1.82 bits per heavy atom. The van der Waals surface area contributed by atoms with Gasteiger partial charge in [-0.1, -0.05) is 36.4 Å². The van der Waals surface area contributed by atoms with Crippen molar-refractivity contribution in [3.63, 3.8) is 0 Å². The second-order valence-electron chi connectivity index (χ2n) is 9.63. The highest BCUT2D eigenvalue weighted by molar-refractivity contribution is 6.11. The molecule has 0 aromatic heterocycles. The molecular weight excluding hydrogens is 500 g/mol. The third kappa shape index (κ3) is 5.73. The number of carbonyl (C=O) groups excluding carboxylic acids is 3. The lowest BCUT2D eigenvalue weighted by Crippen LogP contribution is -2.56. The monoisotopic (exact) mass is 532 g/mol. The van der Waals surface area contributed by atoms with Crippen LogP contribution in [0.25, 0.3) is 0 Å². The number of aliphatic hydroxyl groups is 1. The Morgan fingerprint density at radius 2 is 1.31 bits per heavy atom. The van der Waals surface area contributed by atoms with Gasteiger partial charge in [0.05, 0.1) is 44.2 Å². The van der Waals surface area contributed by atoms with E-state index in [4.69, 9.17) is 14.2 Å². The molecule has 1 saturated carbocycles. The number of ketones is 1. The van der Waals surface area contributed by atoms with Crippen molar-refractivity contribution >= 4 is 29.0 Å². The number of carbonyl (C=O) groups is 3. The highest BCUT2D eigenvalue weighted by Gasteiger charge is 2.56. The molecule has 9 nitrogen and oxygen atoms in total. The average Bonchev–Trinajstić information content (AvgIpc) is 2.92. The van der Waals surface area contributed by atoms with Crippen molar-refractivity contribution in [1.29, 1.82) is 0 Å². The summed E-state index contributed by atoms with van der Waals surface area (Å²) in [7, 11) is 4.49. The lowest BCUT2D eigenvalue weighted by molar-refractivity contribution is -0.150. The van der Waals surface area contributed by atoms with Crippen molar-refractivity contribution in [3.05, 3.63) is 78.4 Å². The molecule has 0 radical (unpaired) electrons. The van der Waals surface area contributed by atoms with E-state index < -0.39 is 41.0 Å². The molecule has 0 bridgehead atoms. The van der Waals surface area contributed by atoms with E-state index in [0.717, 1.165) is 0 Å². The number of hydrogen-bond acceptors (Lipinski definition) is 7. The second-order valence-corrected chi connectivity index (χ2v) is 9.63. The van der Waals surface area contributed by atoms with E-state index in [0.29, 0.717) is 34.2 Å². The lowest BCUT2D eigenvalue weighted by atomic mass is 9.61. The van der Waals surface area contributed by atoms with E-state index >= 15 is 0 Å². The summed E-state index contributed by atoms with van der Waals surface area (Å²) in [6, 6.07) is 20.5. The van der Waals surface area contributed by atoms with E-state index in [-0.39, 0.29) is 6.42 Å². The maximum absolute atomic E-state index is 13.9. The molecule has 4 atom stereocenters. The predicted octanol–water partition coefficient (Wildman–Crippen LogP) is 4.03. The van der Waals surface area contributed by atoms with Gasteiger partial charge in [-0.3, -0.25) is 14.4 Å². The number of benzene rings is 3. The Balaban J connectivity index is 1.79. The van der Waals surface area contributed by atoms with Gasteiger partial charge < -0.3 is 30.0 Å². The number of anilines is 2. The molecule has 1 fully saturated rings. The third-order valence-electron chi connectivity index (χ3n) is 7.06. The van der Waals surface area contributed by atoms with Gasteiger partial charge in [0.25, 0.3) is 0 Å². The van der Waals surface area contributed by atoms with Crippen molar-refractivity contribution in [2.45, 2.75) is 24.9 Å². The number of para-hydroxylation sites is 4. The molecule has 3 aromatic carbocycles. The van der Waals surface area contributed by atoms with E-state index in [1.807, 2.05) is 0 Å². The largest absolute Gasteiger partial charge is 0.497 e. The van der Waals surface area contributed by atoms with Crippen molar-refractivity contribution in [1.82, 2.24) is 0 Å². The van der Waals surface area contributed by atoms with Gasteiger partial charge in [0.15, 0.2) is 0 Å². The first kappa shape index (κ1) is 27.7. The quantitative estimate of drug-likeness (QED) is 0.374. The van der Waals surface area contributed by atoms with Gasteiger partial charge in [0.2, 0.25) is 11.8 Å². The summed E-state index contributed by atoms with van der Waals surface area (Å²) < 4.78 is 16.0. The first-order valence-electron chi connectivity index (χ1n) is 12.5. The Hall–Kier alpha value is -4.37. The minimum Gasteiger partial charge on any atom is -0.497 e. The van der Waals surface area contributed by atoms with Gasteiger partial charge in [0, 0.05) is 12.3 Å². The van der Waals surface area contributed by atoms with Gasteiger partial charge in [0.1, 0.15) is 28.9 Å². The molecule has 0 spiro atoms. The first-order chi connectivity index (χ1) is 18.7. The number of rotatable bonds is 8. The van der Waals surface area contributed by atoms with Crippen LogP contribution in [0.3, 0.4) is 0 Å². The van der Waals surface area contributed by atoms with Crippen LogP contribution in [-0.2, 0) is 14.4 Å². The van der Waals surface area contributed by atoms with Crippen molar-refractivity contribution in [2.24, 2.45) is 11.8 Å². The molecule has 1 aliphatic carbocycles. The summed E-state index contributed by atoms with van der Waals surface area (Å²) in [5.41, 5.74) is -0.418. The standard InChI is InChI=1S/C30H32N2O7/c1-30(36)17-22(33)26(28(34)31-20-9-5-7-11-23(20)38-3)25(18-13-15-19(37-2)16-14-18)27(30)29(35)32-21-10-6-8-12-24(21)39-4/h5-16,25-27,36H,17H2,1-4H3,(H,31,34)(H,32,35)/t25-,26-,27-,30-/m1/s1. The Kier molecular flexibility index (Phi) is 8.21. The molecule has 3 aromatic rings. The molecule has 3 N–H and O–H groups in total. The number of methoxy groups -OCH3 is 3. The molecule has 204 valence electrons. The zero-order valence-corrected chi connectivity index (χ0v) is 22.3. The molecule has 39 heavy (non-hydrogen) atoms. The number of hydrogen-bond donors (Lipinski definition) is 3. The molecular formula is C30H32N2O7. The van der Waals surface area contributed by atoms with Gasteiger partial charge in [-0.2, -0.15) is 0 Å². The zero-order valence-electron chi connectivity index (χ0n) is 22.3. The summed E-state index contributed by atoms with van der Waals surface area (Å²) in [6.07, 6.45) is -0.381. The minimum absolute atomic E-state index is 0.381. The van der Waals surface area contributed by atoms with Gasteiger partial charge in [-0.05, 0) is 48.9 Å². The summed E-state index contributed by atoms with van der Waals surface area (Å²) >= 11 is 0. The van der Waals surface area contributed by atoms with E-state index in [9.17, 15) is 19.5 Å².